The molecule has 134 valence electrons. The number of nitrogens with one attached hydrogen (secondary N) is 1. The first-order valence-electron chi connectivity index (χ1n) is 9.12. The molecule has 1 saturated carbocycles. The van der Waals surface area contributed by atoms with Crippen molar-refractivity contribution in [1.82, 2.24) is 24.6 Å². The van der Waals surface area contributed by atoms with Crippen LogP contribution < -0.4 is 5.56 Å². The lowest BCUT2D eigenvalue weighted by atomic mass is 10.1. The van der Waals surface area contributed by atoms with Crippen molar-refractivity contribution in [2.75, 3.05) is 6.54 Å². The third-order valence-electron chi connectivity index (χ3n) is 5.31. The van der Waals surface area contributed by atoms with Gasteiger partial charge in [0.05, 0.1) is 29.0 Å². The van der Waals surface area contributed by atoms with Crippen molar-refractivity contribution in [3.63, 3.8) is 0 Å². The summed E-state index contributed by atoms with van der Waals surface area (Å²) in [7, 11) is 0. The van der Waals surface area contributed by atoms with Crippen LogP contribution in [0.2, 0.25) is 0 Å². The molecule has 1 atom stereocenters. The highest BCUT2D eigenvalue weighted by atomic mass is 16.3. The molecular weight excluding hydrogens is 330 g/mol. The minimum atomic E-state index is -0.438. The van der Waals surface area contributed by atoms with Crippen LogP contribution in [0.3, 0.4) is 0 Å². The normalized spacial score (nSPS) is 18.8. The van der Waals surface area contributed by atoms with E-state index in [9.17, 15) is 9.90 Å². The molecule has 0 spiro atoms. The van der Waals surface area contributed by atoms with Gasteiger partial charge in [-0.15, -0.1) is 0 Å². The molecule has 0 bridgehead atoms. The topological polar surface area (TPSA) is 87.0 Å². The van der Waals surface area contributed by atoms with E-state index in [4.69, 9.17) is 0 Å². The number of aromatic nitrogens is 4. The van der Waals surface area contributed by atoms with Crippen molar-refractivity contribution in [2.45, 2.75) is 38.6 Å². The molecule has 5 rings (SSSR count). The van der Waals surface area contributed by atoms with E-state index in [1.54, 1.807) is 0 Å². The standard InChI is InChI=1S/C19H21N5O2/c25-18(12-5-6-12)16-9-13-10-23(7-8-24(13)22-16)11-17-19(26)21-15-4-2-1-3-14(15)20-17/h1-4,9,12,18,25H,5-8,10-11H2,(H,21,26). The Morgan fingerprint density at radius 3 is 2.96 bits per heavy atom. The quantitative estimate of drug-likeness (QED) is 0.745. The van der Waals surface area contributed by atoms with Crippen LogP contribution in [0, 0.1) is 5.92 Å². The van der Waals surface area contributed by atoms with E-state index >= 15 is 0 Å². The SMILES string of the molecule is O=c1[nH]c2ccccc2nc1CN1CCn2nc(C(O)C3CC3)cc2C1. The zero-order chi connectivity index (χ0) is 17.7. The van der Waals surface area contributed by atoms with Crippen LogP contribution in [0.1, 0.15) is 36.0 Å². The molecule has 3 heterocycles. The summed E-state index contributed by atoms with van der Waals surface area (Å²) in [5, 5.41) is 14.9. The lowest BCUT2D eigenvalue weighted by molar-refractivity contribution is 0.147. The first kappa shape index (κ1) is 15.7. The van der Waals surface area contributed by atoms with Crippen LogP contribution in [0.4, 0.5) is 0 Å². The van der Waals surface area contributed by atoms with Gasteiger partial charge in [-0.3, -0.25) is 14.4 Å². The molecule has 3 aromatic rings. The monoisotopic (exact) mass is 351 g/mol. The van der Waals surface area contributed by atoms with Crippen LogP contribution in [0.5, 0.6) is 0 Å². The molecular formula is C19H21N5O2. The predicted octanol–water partition coefficient (Wildman–Crippen LogP) is 1.58. The van der Waals surface area contributed by atoms with Crippen molar-refractivity contribution in [1.29, 1.82) is 0 Å². The third-order valence-corrected chi connectivity index (χ3v) is 5.31. The van der Waals surface area contributed by atoms with Gasteiger partial charge in [-0.05, 0) is 37.0 Å². The molecule has 26 heavy (non-hydrogen) atoms. The zero-order valence-corrected chi connectivity index (χ0v) is 14.4. The molecule has 2 aliphatic rings. The minimum Gasteiger partial charge on any atom is -0.386 e. The summed E-state index contributed by atoms with van der Waals surface area (Å²) in [6, 6.07) is 9.58. The summed E-state index contributed by atoms with van der Waals surface area (Å²) < 4.78 is 1.98. The molecule has 7 nitrogen and oxygen atoms in total. The Labute approximate surface area is 150 Å². The van der Waals surface area contributed by atoms with Gasteiger partial charge in [0.2, 0.25) is 0 Å². The lowest BCUT2D eigenvalue weighted by Gasteiger charge is -2.26. The molecule has 2 aromatic heterocycles. The van der Waals surface area contributed by atoms with Crippen LogP contribution in [0.15, 0.2) is 35.1 Å². The van der Waals surface area contributed by atoms with Gasteiger partial charge in [0.25, 0.3) is 5.56 Å². The van der Waals surface area contributed by atoms with Gasteiger partial charge in [0.1, 0.15) is 11.8 Å². The summed E-state index contributed by atoms with van der Waals surface area (Å²) in [5.74, 6) is 0.378. The van der Waals surface area contributed by atoms with Gasteiger partial charge >= 0.3 is 0 Å². The van der Waals surface area contributed by atoms with Gasteiger partial charge in [-0.2, -0.15) is 5.10 Å². The number of hydrogen-bond acceptors (Lipinski definition) is 5. The minimum absolute atomic E-state index is 0.132. The first-order valence-corrected chi connectivity index (χ1v) is 9.12. The maximum atomic E-state index is 12.3. The van der Waals surface area contributed by atoms with E-state index in [-0.39, 0.29) is 5.56 Å². The molecule has 0 saturated heterocycles. The summed E-state index contributed by atoms with van der Waals surface area (Å²) >= 11 is 0. The predicted molar refractivity (Wildman–Crippen MR) is 96.4 cm³/mol. The Kier molecular flexibility index (Phi) is 3.65. The van der Waals surface area contributed by atoms with Gasteiger partial charge in [0.15, 0.2) is 0 Å². The van der Waals surface area contributed by atoms with E-state index in [2.05, 4.69) is 20.0 Å². The summed E-state index contributed by atoms with van der Waals surface area (Å²) in [5.41, 5.74) is 3.84. The highest BCUT2D eigenvalue weighted by Crippen LogP contribution is 2.40. The molecule has 2 N–H and O–H groups in total. The van der Waals surface area contributed by atoms with Gasteiger partial charge in [0, 0.05) is 19.6 Å². The number of fused-ring (bicyclic) bond motifs is 2. The van der Waals surface area contributed by atoms with Crippen LogP contribution in [-0.2, 0) is 19.6 Å². The molecule has 1 aromatic carbocycles. The maximum Gasteiger partial charge on any atom is 0.271 e. The highest BCUT2D eigenvalue weighted by Gasteiger charge is 2.33. The first-order chi connectivity index (χ1) is 12.7. The van der Waals surface area contributed by atoms with E-state index in [0.29, 0.717) is 24.7 Å². The smallest absolute Gasteiger partial charge is 0.271 e. The number of aliphatic hydroxyl groups is 1. The molecule has 0 amide bonds. The fraction of sp³-hybridized carbons (Fsp3) is 0.421. The van der Waals surface area contributed by atoms with E-state index in [0.717, 1.165) is 48.4 Å². The Balaban J connectivity index is 1.36. The van der Waals surface area contributed by atoms with E-state index < -0.39 is 6.10 Å². The van der Waals surface area contributed by atoms with Crippen molar-refractivity contribution in [3.8, 4) is 0 Å². The fourth-order valence-corrected chi connectivity index (χ4v) is 3.66. The number of H-pyrrole nitrogens is 1. The molecule has 0 radical (unpaired) electrons. The molecule has 1 fully saturated rings. The van der Waals surface area contributed by atoms with Crippen LogP contribution in [-0.4, -0.2) is 36.3 Å². The number of aliphatic hydroxyl groups excluding tert-OH is 1. The Morgan fingerprint density at radius 2 is 2.12 bits per heavy atom. The number of rotatable bonds is 4. The third kappa shape index (κ3) is 2.83. The van der Waals surface area contributed by atoms with E-state index in [1.807, 2.05) is 35.0 Å². The van der Waals surface area contributed by atoms with Crippen molar-refractivity contribution in [3.05, 3.63) is 57.8 Å². The second-order valence-electron chi connectivity index (χ2n) is 7.31. The van der Waals surface area contributed by atoms with Crippen molar-refractivity contribution >= 4 is 11.0 Å². The zero-order valence-electron chi connectivity index (χ0n) is 14.4. The van der Waals surface area contributed by atoms with Crippen molar-refractivity contribution in [2.24, 2.45) is 5.92 Å². The number of para-hydroxylation sites is 2. The molecule has 1 aliphatic heterocycles. The van der Waals surface area contributed by atoms with Crippen LogP contribution in [0.25, 0.3) is 11.0 Å². The van der Waals surface area contributed by atoms with Gasteiger partial charge in [-0.25, -0.2) is 4.98 Å². The number of hydrogen-bond donors (Lipinski definition) is 2. The largest absolute Gasteiger partial charge is 0.386 e. The molecule has 1 unspecified atom stereocenters. The fourth-order valence-electron chi connectivity index (χ4n) is 3.66. The summed E-state index contributed by atoms with van der Waals surface area (Å²) in [6.45, 7) is 2.78. The highest BCUT2D eigenvalue weighted by molar-refractivity contribution is 5.73. The summed E-state index contributed by atoms with van der Waals surface area (Å²) in [6.07, 6.45) is 1.74. The Bertz CT molecular complexity index is 1020. The molecule has 1 aliphatic carbocycles. The van der Waals surface area contributed by atoms with Crippen molar-refractivity contribution < 1.29 is 5.11 Å². The average Bonchev–Trinajstić information content (AvgIpc) is 3.41. The second kappa shape index (κ2) is 6.03. The second-order valence-corrected chi connectivity index (χ2v) is 7.31. The van der Waals surface area contributed by atoms with Crippen LogP contribution >= 0.6 is 0 Å². The number of aromatic amines is 1. The average molecular weight is 351 g/mol. The van der Waals surface area contributed by atoms with Gasteiger partial charge in [-0.1, -0.05) is 12.1 Å². The Morgan fingerprint density at radius 1 is 1.27 bits per heavy atom. The Hall–Kier alpha value is -2.51. The lowest BCUT2D eigenvalue weighted by Crippen LogP contribution is -2.35. The number of benzene rings is 1. The number of nitrogens with zero attached hydrogens (tertiary/aromatic N) is 4. The van der Waals surface area contributed by atoms with Gasteiger partial charge < -0.3 is 10.1 Å². The summed E-state index contributed by atoms with van der Waals surface area (Å²) in [4.78, 5) is 22.0. The molecule has 7 heteroatoms. The maximum absolute atomic E-state index is 12.3. The van der Waals surface area contributed by atoms with E-state index in [1.165, 1.54) is 0 Å².